The summed E-state index contributed by atoms with van der Waals surface area (Å²) in [7, 11) is 1.29. The van der Waals surface area contributed by atoms with Crippen LogP contribution in [0.5, 0.6) is 5.75 Å². The van der Waals surface area contributed by atoms with Gasteiger partial charge in [0, 0.05) is 55.1 Å². The minimum atomic E-state index is -3.03. The van der Waals surface area contributed by atoms with Gasteiger partial charge in [0.1, 0.15) is 34.3 Å². The SMILES string of the molecule is C#C[C@H]1[C@H]2C(=C(O)c3c(ccc(CNCC(C)(C#C)C#N)c3O)[C@@H]2C#C)C(=O)[C@]2(O)C(O)=C(C(N)=O)C(=O)[C@@H](N(C)C#C)[C@H]12. The number of aromatic hydroxyl groups is 1. The second-order valence-corrected chi connectivity index (χ2v) is 11.1. The Labute approximate surface area is 254 Å². The van der Waals surface area contributed by atoms with Crippen LogP contribution in [0.3, 0.4) is 0 Å². The van der Waals surface area contributed by atoms with Gasteiger partial charge in [-0.15, -0.1) is 25.2 Å². The Balaban J connectivity index is 1.97. The number of fused-ring (bicyclic) bond motifs is 3. The van der Waals surface area contributed by atoms with Crippen molar-refractivity contribution in [3.63, 3.8) is 0 Å². The van der Waals surface area contributed by atoms with E-state index in [9.17, 15) is 40.1 Å². The molecule has 1 saturated carbocycles. The molecule has 1 aromatic carbocycles. The first-order valence-corrected chi connectivity index (χ1v) is 13.2. The first-order valence-electron chi connectivity index (χ1n) is 13.2. The van der Waals surface area contributed by atoms with E-state index in [4.69, 9.17) is 31.4 Å². The van der Waals surface area contributed by atoms with Crippen molar-refractivity contribution >= 4 is 23.2 Å². The summed E-state index contributed by atoms with van der Waals surface area (Å²) in [6.07, 6.45) is 22.9. The zero-order valence-electron chi connectivity index (χ0n) is 23.8. The lowest BCUT2D eigenvalue weighted by molar-refractivity contribution is -0.156. The molecule has 0 aliphatic heterocycles. The number of aliphatic hydroxyl groups excluding tert-OH is 2. The minimum absolute atomic E-state index is 0.00846. The number of phenols is 1. The van der Waals surface area contributed by atoms with E-state index in [0.717, 1.165) is 4.90 Å². The summed E-state index contributed by atoms with van der Waals surface area (Å²) in [6.45, 7) is 1.61. The number of hydrogen-bond donors (Lipinski definition) is 6. The number of nitrogens with zero attached hydrogens (tertiary/aromatic N) is 2. The third-order valence-corrected chi connectivity index (χ3v) is 8.71. The number of nitrogens with two attached hydrogens (primary N) is 1. The molecule has 11 heteroatoms. The molecule has 1 unspecified atom stereocenters. The molecular weight excluding hydrogens is 564 g/mol. The first-order chi connectivity index (χ1) is 20.7. The van der Waals surface area contributed by atoms with Gasteiger partial charge in [-0.05, 0) is 12.5 Å². The van der Waals surface area contributed by atoms with Crippen molar-refractivity contribution in [2.24, 2.45) is 28.9 Å². The molecule has 3 aliphatic carbocycles. The molecule has 0 radical (unpaired) electrons. The van der Waals surface area contributed by atoms with Crippen molar-refractivity contribution in [3.05, 3.63) is 45.7 Å². The van der Waals surface area contributed by atoms with E-state index in [1.54, 1.807) is 6.92 Å². The minimum Gasteiger partial charge on any atom is -0.508 e. The number of ketones is 2. The van der Waals surface area contributed by atoms with Gasteiger partial charge in [-0.3, -0.25) is 14.4 Å². The van der Waals surface area contributed by atoms with Gasteiger partial charge in [-0.2, -0.15) is 5.26 Å². The average molecular weight is 593 g/mol. The van der Waals surface area contributed by atoms with Crippen LogP contribution in [-0.4, -0.2) is 68.0 Å². The monoisotopic (exact) mass is 592 g/mol. The van der Waals surface area contributed by atoms with Crippen LogP contribution in [0, 0.1) is 84.0 Å². The predicted octanol–water partition coefficient (Wildman–Crippen LogP) is 0.211. The molecule has 222 valence electrons. The molecule has 0 bridgehead atoms. The maximum absolute atomic E-state index is 14.3. The summed E-state index contributed by atoms with van der Waals surface area (Å²) in [5.74, 6) is -4.17. The summed E-state index contributed by atoms with van der Waals surface area (Å²) < 4.78 is 0. The van der Waals surface area contributed by atoms with Gasteiger partial charge in [0.2, 0.25) is 5.78 Å². The Bertz CT molecular complexity index is 1770. The number of Topliss-reactive ketones (excluding diaryl/α,β-unsaturated/α-hetero) is 2. The standard InChI is InChI=1S/C33H28N4O7/c1-7-17-19-12-11-16(13-36-15-32(5,9-3)14-34)26(38)21(19)27(39)22-20(17)18(8-2)24-25(37(6)10-4)28(40)23(31(35)43)30(42)33(24,44)29(22)41/h1-4,11-12,17-18,20,24-25,36,38-39,42,44H,13,15H2,5-6H3,(H2,35,43)/t17-,18-,20-,24-,25-,32?,33-/m0/s1. The van der Waals surface area contributed by atoms with Gasteiger partial charge in [0.05, 0.1) is 17.6 Å². The van der Waals surface area contributed by atoms with E-state index in [1.807, 2.05) is 6.07 Å². The predicted molar refractivity (Wildman–Crippen MR) is 157 cm³/mol. The Morgan fingerprint density at radius 3 is 2.36 bits per heavy atom. The lowest BCUT2D eigenvalue weighted by Gasteiger charge is -2.53. The van der Waals surface area contributed by atoms with Crippen LogP contribution in [0.25, 0.3) is 5.76 Å². The first kappa shape index (κ1) is 31.3. The lowest BCUT2D eigenvalue weighted by Crippen LogP contribution is -2.68. The van der Waals surface area contributed by atoms with Gasteiger partial charge in [0.25, 0.3) is 5.91 Å². The number of aliphatic hydroxyl groups is 3. The summed E-state index contributed by atoms with van der Waals surface area (Å²) >= 11 is 0. The molecule has 7 N–H and O–H groups in total. The zero-order valence-corrected chi connectivity index (χ0v) is 23.8. The number of amides is 1. The number of benzene rings is 1. The Morgan fingerprint density at radius 1 is 1.18 bits per heavy atom. The number of nitrogens with one attached hydrogen (secondary N) is 1. The molecule has 1 fully saturated rings. The molecule has 4 rings (SSSR count). The summed E-state index contributed by atoms with van der Waals surface area (Å²) in [4.78, 5) is 41.0. The van der Waals surface area contributed by atoms with Crippen LogP contribution in [0.15, 0.2) is 29.0 Å². The van der Waals surface area contributed by atoms with Gasteiger partial charge in [0.15, 0.2) is 11.4 Å². The second kappa shape index (κ2) is 10.9. The molecular formula is C33H28N4O7. The Hall–Kier alpha value is -5.64. The summed E-state index contributed by atoms with van der Waals surface area (Å²) in [5.41, 5.74) is -0.105. The third kappa shape index (κ3) is 4.17. The van der Waals surface area contributed by atoms with E-state index in [1.165, 1.54) is 19.2 Å². The van der Waals surface area contributed by atoms with E-state index >= 15 is 0 Å². The molecule has 1 amide bonds. The Morgan fingerprint density at radius 2 is 1.84 bits per heavy atom. The molecule has 0 heterocycles. The Kier molecular flexibility index (Phi) is 7.74. The molecule has 3 aliphatic rings. The largest absolute Gasteiger partial charge is 0.508 e. The highest BCUT2D eigenvalue weighted by atomic mass is 16.3. The lowest BCUT2D eigenvalue weighted by atomic mass is 9.51. The van der Waals surface area contributed by atoms with Crippen molar-refractivity contribution in [1.29, 1.82) is 5.26 Å². The van der Waals surface area contributed by atoms with Crippen molar-refractivity contribution in [2.45, 2.75) is 31.0 Å². The molecule has 7 atom stereocenters. The van der Waals surface area contributed by atoms with Crippen LogP contribution in [-0.2, 0) is 20.9 Å². The maximum Gasteiger partial charge on any atom is 0.255 e. The fourth-order valence-corrected chi connectivity index (χ4v) is 6.45. The topological polar surface area (TPSA) is 197 Å². The molecule has 44 heavy (non-hydrogen) atoms. The van der Waals surface area contributed by atoms with Gasteiger partial charge in [-0.1, -0.05) is 30.4 Å². The van der Waals surface area contributed by atoms with Crippen LogP contribution in [0.4, 0.5) is 0 Å². The van der Waals surface area contributed by atoms with Crippen LogP contribution >= 0.6 is 0 Å². The third-order valence-electron chi connectivity index (χ3n) is 8.71. The zero-order chi connectivity index (χ0) is 32.9. The molecule has 11 nitrogen and oxygen atoms in total. The van der Waals surface area contributed by atoms with Crippen LogP contribution in [0.2, 0.25) is 0 Å². The highest BCUT2D eigenvalue weighted by Crippen LogP contribution is 2.58. The fourth-order valence-electron chi connectivity index (χ4n) is 6.45. The van der Waals surface area contributed by atoms with E-state index in [2.05, 4.69) is 29.1 Å². The summed E-state index contributed by atoms with van der Waals surface area (Å²) in [5, 5.41) is 58.3. The fraction of sp³-hybridized carbons (Fsp3) is 0.333. The van der Waals surface area contributed by atoms with Gasteiger partial charge in [-0.25, -0.2) is 0 Å². The van der Waals surface area contributed by atoms with E-state index in [-0.39, 0.29) is 29.8 Å². The van der Waals surface area contributed by atoms with Crippen LogP contribution < -0.4 is 11.1 Å². The smallest absolute Gasteiger partial charge is 0.255 e. The number of carbonyl (C=O) groups is 3. The van der Waals surface area contributed by atoms with Crippen molar-refractivity contribution in [3.8, 4) is 61.3 Å². The number of hydrogen-bond acceptors (Lipinski definition) is 10. The highest BCUT2D eigenvalue weighted by molar-refractivity contribution is 6.24. The van der Waals surface area contributed by atoms with Crippen LogP contribution in [0.1, 0.15) is 29.5 Å². The average Bonchev–Trinajstić information content (AvgIpc) is 2.99. The van der Waals surface area contributed by atoms with Gasteiger partial charge >= 0.3 is 0 Å². The molecule has 1 aromatic rings. The van der Waals surface area contributed by atoms with Crippen molar-refractivity contribution in [1.82, 2.24) is 10.2 Å². The van der Waals surface area contributed by atoms with Crippen molar-refractivity contribution < 1.29 is 34.8 Å². The quantitative estimate of drug-likeness (QED) is 0.151. The number of phenolic OH excluding ortho intramolecular Hbond substituents is 1. The van der Waals surface area contributed by atoms with E-state index in [0.29, 0.717) is 0 Å². The number of terminal acetylenes is 4. The molecule has 0 saturated heterocycles. The number of rotatable bonds is 6. The number of nitriles is 1. The van der Waals surface area contributed by atoms with Crippen molar-refractivity contribution in [2.75, 3.05) is 13.6 Å². The highest BCUT2D eigenvalue weighted by Gasteiger charge is 2.68. The number of carbonyl (C=O) groups excluding carboxylic acids is 3. The normalized spacial score (nSPS) is 28.5. The number of primary amides is 1. The summed E-state index contributed by atoms with van der Waals surface area (Å²) in [6, 6.07) is 5.69. The molecule has 0 spiro atoms. The second-order valence-electron chi connectivity index (χ2n) is 11.1. The van der Waals surface area contributed by atoms with Gasteiger partial charge < -0.3 is 36.4 Å². The van der Waals surface area contributed by atoms with E-state index < -0.39 is 86.6 Å². The molecule has 0 aromatic heterocycles. The number of likely N-dealkylation sites (N-methyl/N-ethyl adjacent to an activating group) is 1. The maximum atomic E-state index is 14.3.